The zero-order valence-corrected chi connectivity index (χ0v) is 10.3. The third kappa shape index (κ3) is 4.45. The molecule has 1 amide bonds. The van der Waals surface area contributed by atoms with Crippen molar-refractivity contribution in [2.45, 2.75) is 19.8 Å². The number of carboxylic acids is 1. The Hall–Kier alpha value is -2.03. The summed E-state index contributed by atoms with van der Waals surface area (Å²) in [6.45, 7) is 3.33. The predicted molar refractivity (Wildman–Crippen MR) is 64.3 cm³/mol. The van der Waals surface area contributed by atoms with Crippen LogP contribution in [0.1, 0.15) is 19.8 Å². The molecule has 0 unspecified atom stereocenters. The maximum atomic E-state index is 11.5. The number of nitrogens with zero attached hydrogens (tertiary/aromatic N) is 2. The number of piperidine rings is 1. The molecule has 1 fully saturated rings. The van der Waals surface area contributed by atoms with Gasteiger partial charge in [0.05, 0.1) is 0 Å². The van der Waals surface area contributed by atoms with Gasteiger partial charge in [0, 0.05) is 19.3 Å². The maximum Gasteiger partial charge on any atom is 0.322 e. The minimum Gasteiger partial charge on any atom is -0.480 e. The lowest BCUT2D eigenvalue weighted by molar-refractivity contribution is -0.137. The Morgan fingerprint density at radius 3 is 2.61 bits per heavy atom. The molecule has 0 atom stereocenters. The number of carbonyl (C=O) groups excluding carboxylic acids is 1. The van der Waals surface area contributed by atoms with Crippen molar-refractivity contribution in [1.29, 1.82) is 5.26 Å². The molecule has 6 heteroatoms. The molecule has 0 aliphatic carbocycles. The number of carbonyl (C=O) groups is 2. The van der Waals surface area contributed by atoms with Crippen LogP contribution in [-0.2, 0) is 9.59 Å². The molecular formula is C12H17N3O3. The summed E-state index contributed by atoms with van der Waals surface area (Å²) in [7, 11) is 0. The number of rotatable bonds is 4. The van der Waals surface area contributed by atoms with Gasteiger partial charge >= 0.3 is 5.97 Å². The summed E-state index contributed by atoms with van der Waals surface area (Å²) < 4.78 is 0. The van der Waals surface area contributed by atoms with Crippen molar-refractivity contribution in [3.05, 3.63) is 11.8 Å². The van der Waals surface area contributed by atoms with Gasteiger partial charge < -0.3 is 15.3 Å². The lowest BCUT2D eigenvalue weighted by Crippen LogP contribution is -2.33. The van der Waals surface area contributed by atoms with Gasteiger partial charge in [0.1, 0.15) is 18.2 Å². The molecular weight excluding hydrogens is 234 g/mol. The largest absolute Gasteiger partial charge is 0.480 e. The Kier molecular flexibility index (Phi) is 5.18. The molecule has 0 spiro atoms. The average molecular weight is 251 g/mol. The van der Waals surface area contributed by atoms with E-state index in [0.29, 0.717) is 5.92 Å². The standard InChI is InChI=1S/C12H17N3O3/c1-9-2-4-15(5-3-9)8-10(6-13)12(18)14-7-11(16)17/h8-9H,2-5,7H2,1H3,(H,14,18)(H,16,17)/b10-8-. The van der Waals surface area contributed by atoms with E-state index >= 15 is 0 Å². The van der Waals surface area contributed by atoms with Crippen LogP contribution in [0.4, 0.5) is 0 Å². The van der Waals surface area contributed by atoms with Crippen LogP contribution in [0.15, 0.2) is 11.8 Å². The third-order valence-electron chi connectivity index (χ3n) is 2.90. The summed E-state index contributed by atoms with van der Waals surface area (Å²) in [5.41, 5.74) is -0.0502. The van der Waals surface area contributed by atoms with E-state index in [-0.39, 0.29) is 5.57 Å². The van der Waals surface area contributed by atoms with Crippen LogP contribution in [0.5, 0.6) is 0 Å². The molecule has 0 aromatic carbocycles. The monoisotopic (exact) mass is 251 g/mol. The summed E-state index contributed by atoms with van der Waals surface area (Å²) in [6.07, 6.45) is 3.58. The maximum absolute atomic E-state index is 11.5. The Labute approximate surface area is 106 Å². The molecule has 1 saturated heterocycles. The molecule has 1 rings (SSSR count). The van der Waals surface area contributed by atoms with Crippen LogP contribution in [0.25, 0.3) is 0 Å². The number of nitriles is 1. The molecule has 0 saturated carbocycles. The SMILES string of the molecule is CC1CCN(/C=C(/C#N)C(=O)NCC(=O)O)CC1. The van der Waals surface area contributed by atoms with Gasteiger partial charge in [-0.2, -0.15) is 5.26 Å². The van der Waals surface area contributed by atoms with Gasteiger partial charge in [0.15, 0.2) is 0 Å². The zero-order chi connectivity index (χ0) is 13.5. The molecule has 1 aliphatic heterocycles. The van der Waals surface area contributed by atoms with Gasteiger partial charge in [-0.1, -0.05) is 6.92 Å². The minimum atomic E-state index is -1.13. The van der Waals surface area contributed by atoms with Crippen LogP contribution in [0.2, 0.25) is 0 Å². The van der Waals surface area contributed by atoms with Crippen LogP contribution in [-0.4, -0.2) is 41.5 Å². The number of amides is 1. The van der Waals surface area contributed by atoms with E-state index in [1.807, 2.05) is 4.90 Å². The van der Waals surface area contributed by atoms with E-state index < -0.39 is 18.4 Å². The van der Waals surface area contributed by atoms with Gasteiger partial charge in [-0.15, -0.1) is 0 Å². The lowest BCUT2D eigenvalue weighted by atomic mass is 9.99. The van der Waals surface area contributed by atoms with Crippen molar-refractivity contribution >= 4 is 11.9 Å². The fourth-order valence-corrected chi connectivity index (χ4v) is 1.73. The first-order valence-electron chi connectivity index (χ1n) is 5.89. The quantitative estimate of drug-likeness (QED) is 0.554. The average Bonchev–Trinajstić information content (AvgIpc) is 2.35. The molecule has 0 radical (unpaired) electrons. The van der Waals surface area contributed by atoms with Crippen molar-refractivity contribution in [3.8, 4) is 6.07 Å². The van der Waals surface area contributed by atoms with E-state index in [1.165, 1.54) is 6.20 Å². The highest BCUT2D eigenvalue weighted by Crippen LogP contribution is 2.16. The van der Waals surface area contributed by atoms with Gasteiger partial charge in [-0.25, -0.2) is 0 Å². The van der Waals surface area contributed by atoms with Crippen molar-refractivity contribution in [1.82, 2.24) is 10.2 Å². The summed E-state index contributed by atoms with van der Waals surface area (Å²) in [5, 5.41) is 19.5. The minimum absolute atomic E-state index is 0.0502. The number of carboxylic acid groups (broad SMARTS) is 1. The smallest absolute Gasteiger partial charge is 0.322 e. The second kappa shape index (κ2) is 6.64. The normalized spacial score (nSPS) is 17.1. The van der Waals surface area contributed by atoms with Gasteiger partial charge in [0.25, 0.3) is 5.91 Å². The summed E-state index contributed by atoms with van der Waals surface area (Å²) in [6, 6.07) is 1.80. The molecule has 0 aromatic rings. The van der Waals surface area contributed by atoms with E-state index in [0.717, 1.165) is 25.9 Å². The van der Waals surface area contributed by atoms with Crippen molar-refractivity contribution < 1.29 is 14.7 Å². The molecule has 1 aliphatic rings. The van der Waals surface area contributed by atoms with Gasteiger partial charge in [-0.3, -0.25) is 9.59 Å². The lowest BCUT2D eigenvalue weighted by Gasteiger charge is -2.29. The number of likely N-dealkylation sites (tertiary alicyclic amines) is 1. The Balaban J connectivity index is 2.57. The van der Waals surface area contributed by atoms with Crippen LogP contribution < -0.4 is 5.32 Å². The van der Waals surface area contributed by atoms with Gasteiger partial charge in [0.2, 0.25) is 0 Å². The Bertz CT molecular complexity index is 390. The fraction of sp³-hybridized carbons (Fsp3) is 0.583. The highest BCUT2D eigenvalue weighted by Gasteiger charge is 2.16. The number of nitrogens with one attached hydrogen (secondary N) is 1. The highest BCUT2D eigenvalue weighted by molar-refractivity contribution is 5.98. The first kappa shape index (κ1) is 14.0. The summed E-state index contributed by atoms with van der Waals surface area (Å²) >= 11 is 0. The Morgan fingerprint density at radius 1 is 1.50 bits per heavy atom. The number of hydrogen-bond donors (Lipinski definition) is 2. The molecule has 98 valence electrons. The number of hydrogen-bond acceptors (Lipinski definition) is 4. The topological polar surface area (TPSA) is 93.4 Å². The van der Waals surface area contributed by atoms with Crippen molar-refractivity contribution in [3.63, 3.8) is 0 Å². The molecule has 18 heavy (non-hydrogen) atoms. The summed E-state index contributed by atoms with van der Waals surface area (Å²) in [4.78, 5) is 23.8. The van der Waals surface area contributed by atoms with E-state index in [2.05, 4.69) is 12.2 Å². The fourth-order valence-electron chi connectivity index (χ4n) is 1.73. The molecule has 0 aromatic heterocycles. The number of aliphatic carboxylic acids is 1. The van der Waals surface area contributed by atoms with Gasteiger partial charge in [-0.05, 0) is 18.8 Å². The van der Waals surface area contributed by atoms with E-state index in [9.17, 15) is 9.59 Å². The first-order valence-corrected chi connectivity index (χ1v) is 5.89. The highest BCUT2D eigenvalue weighted by atomic mass is 16.4. The second-order valence-corrected chi connectivity index (χ2v) is 4.45. The van der Waals surface area contributed by atoms with Crippen LogP contribution in [0.3, 0.4) is 0 Å². The Morgan fingerprint density at radius 2 is 2.11 bits per heavy atom. The molecule has 6 nitrogen and oxygen atoms in total. The van der Waals surface area contributed by atoms with E-state index in [4.69, 9.17) is 10.4 Å². The molecule has 2 N–H and O–H groups in total. The van der Waals surface area contributed by atoms with Crippen molar-refractivity contribution in [2.24, 2.45) is 5.92 Å². The summed E-state index contributed by atoms with van der Waals surface area (Å²) in [5.74, 6) is -1.10. The molecule has 0 bridgehead atoms. The zero-order valence-electron chi connectivity index (χ0n) is 10.3. The molecule has 1 heterocycles. The third-order valence-corrected chi connectivity index (χ3v) is 2.90. The predicted octanol–water partition coefficient (Wildman–Crippen LogP) is 0.327. The second-order valence-electron chi connectivity index (χ2n) is 4.45. The van der Waals surface area contributed by atoms with Crippen LogP contribution >= 0.6 is 0 Å². The van der Waals surface area contributed by atoms with Crippen molar-refractivity contribution in [2.75, 3.05) is 19.6 Å². The first-order chi connectivity index (χ1) is 8.52. The van der Waals surface area contributed by atoms with Crippen LogP contribution in [0, 0.1) is 17.2 Å². The van der Waals surface area contributed by atoms with E-state index in [1.54, 1.807) is 6.07 Å².